The molecule has 0 aromatic heterocycles. The van der Waals surface area contributed by atoms with Gasteiger partial charge >= 0.3 is 7.32 Å². The molecule has 3 nitrogen and oxygen atoms in total. The first-order chi connectivity index (χ1) is 12.4. The van der Waals surface area contributed by atoms with Crippen LogP contribution in [0.25, 0.3) is 0 Å². The van der Waals surface area contributed by atoms with Crippen molar-refractivity contribution in [2.75, 3.05) is 0 Å². The molecule has 0 radical (unpaired) electrons. The molecule has 0 aromatic rings. The Morgan fingerprint density at radius 3 is 1.37 bits per heavy atom. The molecule has 0 aromatic carbocycles. The number of thiol groups is 1. The van der Waals surface area contributed by atoms with Gasteiger partial charge in [-0.15, -0.1) is 36.2 Å². The molecule has 3 atom stereocenters. The van der Waals surface area contributed by atoms with Crippen LogP contribution in [0.3, 0.4) is 0 Å². The maximum absolute atomic E-state index is 6.33. The van der Waals surface area contributed by atoms with E-state index in [2.05, 4.69) is 74.9 Å². The summed E-state index contributed by atoms with van der Waals surface area (Å²) in [5, 5.41) is 0. The number of hydrogen-bond donors (Lipinski definition) is 1. The van der Waals surface area contributed by atoms with Crippen molar-refractivity contribution >= 4 is 43.5 Å². The van der Waals surface area contributed by atoms with Gasteiger partial charge in [0.25, 0.3) is 0 Å². The molecule has 162 valence electrons. The van der Waals surface area contributed by atoms with E-state index in [0.29, 0.717) is 0 Å². The van der Waals surface area contributed by atoms with Crippen molar-refractivity contribution in [2.24, 2.45) is 0 Å². The van der Waals surface area contributed by atoms with E-state index in [4.69, 9.17) is 14.0 Å². The van der Waals surface area contributed by atoms with Gasteiger partial charge in [-0.2, -0.15) is 0 Å². The molecule has 0 heterocycles. The lowest BCUT2D eigenvalue weighted by Gasteiger charge is -2.31. The highest BCUT2D eigenvalue weighted by molar-refractivity contribution is 8.01. The minimum atomic E-state index is -0.683. The molecule has 3 unspecified atom stereocenters. The van der Waals surface area contributed by atoms with Crippen LogP contribution in [0.1, 0.15) is 101 Å². The number of hydrogen-bond acceptors (Lipinski definition) is 6. The average Bonchev–Trinajstić information content (AvgIpc) is 2.44. The smallest absolute Gasteiger partial charge is 0.374 e. The van der Waals surface area contributed by atoms with Crippen LogP contribution in [0.2, 0.25) is 0 Å². The fourth-order valence-corrected chi connectivity index (χ4v) is 5.29. The summed E-state index contributed by atoms with van der Waals surface area (Å²) in [5.41, 5.74) is -0.0861. The predicted octanol–water partition coefficient (Wildman–Crippen LogP) is 7.39. The zero-order valence-corrected chi connectivity index (χ0v) is 21.6. The van der Waals surface area contributed by atoms with Crippen LogP contribution in [0.5, 0.6) is 0 Å². The van der Waals surface area contributed by atoms with Crippen LogP contribution in [0.4, 0.5) is 0 Å². The zero-order chi connectivity index (χ0) is 21.1. The molecular formula is C20H43BO3S3. The molecule has 0 saturated carbocycles. The van der Waals surface area contributed by atoms with Crippen molar-refractivity contribution < 1.29 is 14.0 Å². The van der Waals surface area contributed by atoms with Crippen LogP contribution in [0.15, 0.2) is 0 Å². The van der Waals surface area contributed by atoms with Crippen molar-refractivity contribution in [3.05, 3.63) is 0 Å². The summed E-state index contributed by atoms with van der Waals surface area (Å²) in [6.45, 7) is 19.8. The SMILES string of the molecule is CCCC(S)OB(OC(CCC)SC(C)(C)C)OC(CCC)SC(C)(C)C. The second kappa shape index (κ2) is 14.1. The predicted molar refractivity (Wildman–Crippen MR) is 129 cm³/mol. The molecule has 0 spiro atoms. The Balaban J connectivity index is 5.20. The Bertz CT molecular complexity index is 344. The van der Waals surface area contributed by atoms with E-state index in [-0.39, 0.29) is 25.8 Å². The lowest BCUT2D eigenvalue weighted by atomic mass is 10.2. The Kier molecular flexibility index (Phi) is 14.6. The molecule has 0 N–H and O–H groups in total. The molecule has 0 fully saturated rings. The average molecular weight is 439 g/mol. The summed E-state index contributed by atoms with van der Waals surface area (Å²) in [5.74, 6) is 0. The van der Waals surface area contributed by atoms with Gasteiger partial charge in [-0.1, -0.05) is 81.6 Å². The van der Waals surface area contributed by atoms with Crippen molar-refractivity contribution in [3.63, 3.8) is 0 Å². The lowest BCUT2D eigenvalue weighted by molar-refractivity contribution is 0.0630. The fourth-order valence-electron chi connectivity index (χ4n) is 2.36. The molecule has 7 heteroatoms. The lowest BCUT2D eigenvalue weighted by Crippen LogP contribution is -2.38. The van der Waals surface area contributed by atoms with Gasteiger partial charge in [0.2, 0.25) is 0 Å². The van der Waals surface area contributed by atoms with Gasteiger partial charge in [0.05, 0.1) is 16.3 Å². The van der Waals surface area contributed by atoms with Crippen LogP contribution in [0, 0.1) is 0 Å². The van der Waals surface area contributed by atoms with Gasteiger partial charge in [0.1, 0.15) is 0 Å². The fraction of sp³-hybridized carbons (Fsp3) is 1.00. The Labute approximate surface area is 183 Å². The highest BCUT2D eigenvalue weighted by atomic mass is 32.2. The Hall–Kier alpha value is 0.995. The van der Waals surface area contributed by atoms with E-state index in [1.54, 1.807) is 0 Å². The Morgan fingerprint density at radius 1 is 0.704 bits per heavy atom. The standard InChI is InChI=1S/C20H43BO3S3/c1-10-13-16(25)22-21(23-17(14-11-2)26-19(4,5)6)24-18(15-12-3)27-20(7,8)9/h16-18,25H,10-15H2,1-9H3. The third-order valence-electron chi connectivity index (χ3n) is 3.35. The molecule has 0 amide bonds. The van der Waals surface area contributed by atoms with Crippen LogP contribution < -0.4 is 0 Å². The Morgan fingerprint density at radius 2 is 1.07 bits per heavy atom. The van der Waals surface area contributed by atoms with Crippen LogP contribution in [-0.4, -0.2) is 33.1 Å². The second-order valence-electron chi connectivity index (χ2n) is 8.84. The number of rotatable bonds is 14. The van der Waals surface area contributed by atoms with Gasteiger partial charge in [0, 0.05) is 9.49 Å². The van der Waals surface area contributed by atoms with Gasteiger partial charge in [0.15, 0.2) is 0 Å². The first-order valence-corrected chi connectivity index (χ1v) is 12.7. The summed E-state index contributed by atoms with van der Waals surface area (Å²) in [7, 11) is -0.683. The number of thioether (sulfide) groups is 2. The van der Waals surface area contributed by atoms with Crippen LogP contribution >= 0.6 is 36.2 Å². The van der Waals surface area contributed by atoms with Gasteiger partial charge in [-0.05, 0) is 19.3 Å². The summed E-state index contributed by atoms with van der Waals surface area (Å²) in [6, 6.07) is 0. The van der Waals surface area contributed by atoms with Crippen molar-refractivity contribution in [1.82, 2.24) is 0 Å². The molecule has 0 aliphatic heterocycles. The quantitative estimate of drug-likeness (QED) is 0.173. The van der Waals surface area contributed by atoms with Crippen molar-refractivity contribution in [3.8, 4) is 0 Å². The van der Waals surface area contributed by atoms with Gasteiger partial charge in [-0.25, -0.2) is 0 Å². The largest absolute Gasteiger partial charge is 0.641 e. The molecule has 27 heavy (non-hydrogen) atoms. The maximum atomic E-state index is 6.33. The van der Waals surface area contributed by atoms with E-state index in [9.17, 15) is 0 Å². The molecule has 0 bridgehead atoms. The molecule has 0 aliphatic carbocycles. The summed E-state index contributed by atoms with van der Waals surface area (Å²) in [4.78, 5) is 0. The molecular weight excluding hydrogens is 395 g/mol. The topological polar surface area (TPSA) is 27.7 Å². The normalized spacial score (nSPS) is 16.2. The van der Waals surface area contributed by atoms with E-state index < -0.39 is 7.32 Å². The molecule has 0 aliphatic rings. The third-order valence-corrected chi connectivity index (χ3v) is 6.36. The first-order valence-electron chi connectivity index (χ1n) is 10.4. The minimum Gasteiger partial charge on any atom is -0.374 e. The first kappa shape index (κ1) is 28.0. The maximum Gasteiger partial charge on any atom is 0.641 e. The van der Waals surface area contributed by atoms with Gasteiger partial charge < -0.3 is 14.0 Å². The van der Waals surface area contributed by atoms with Gasteiger partial charge in [-0.3, -0.25) is 0 Å². The summed E-state index contributed by atoms with van der Waals surface area (Å²) < 4.78 is 19.0. The van der Waals surface area contributed by atoms with E-state index in [1.165, 1.54) is 0 Å². The van der Waals surface area contributed by atoms with E-state index in [0.717, 1.165) is 38.5 Å². The minimum absolute atomic E-state index is 0.0454. The highest BCUT2D eigenvalue weighted by Gasteiger charge is 2.34. The summed E-state index contributed by atoms with van der Waals surface area (Å²) in [6.07, 6.45) is 5.97. The third kappa shape index (κ3) is 16.5. The van der Waals surface area contributed by atoms with Crippen molar-refractivity contribution in [1.29, 1.82) is 0 Å². The molecule has 0 saturated heterocycles. The van der Waals surface area contributed by atoms with Crippen LogP contribution in [-0.2, 0) is 14.0 Å². The van der Waals surface area contributed by atoms with E-state index in [1.807, 2.05) is 23.5 Å². The molecule has 0 rings (SSSR count). The highest BCUT2D eigenvalue weighted by Crippen LogP contribution is 2.35. The van der Waals surface area contributed by atoms with Crippen molar-refractivity contribution in [2.45, 2.75) is 127 Å². The zero-order valence-electron chi connectivity index (χ0n) is 19.0. The van der Waals surface area contributed by atoms with E-state index >= 15 is 0 Å². The monoisotopic (exact) mass is 438 g/mol. The second-order valence-corrected chi connectivity index (χ2v) is 13.4. The summed E-state index contributed by atoms with van der Waals surface area (Å²) >= 11 is 8.25.